The second-order valence-electron chi connectivity index (χ2n) is 3.96. The molecule has 0 radical (unpaired) electrons. The average molecular weight is 223 g/mol. The van der Waals surface area contributed by atoms with Crippen molar-refractivity contribution in [2.24, 2.45) is 5.73 Å². The number of nitrogens with two attached hydrogens (primary N) is 2. The average Bonchev–Trinajstić information content (AvgIpc) is 2.70. The zero-order valence-corrected chi connectivity index (χ0v) is 8.82. The largest absolute Gasteiger partial charge is 0.397 e. The molecule has 0 bridgehead atoms. The zero-order valence-electron chi connectivity index (χ0n) is 8.82. The van der Waals surface area contributed by atoms with Crippen LogP contribution >= 0.6 is 0 Å². The van der Waals surface area contributed by atoms with E-state index in [1.54, 1.807) is 4.90 Å². The van der Waals surface area contributed by atoms with Crippen molar-refractivity contribution in [2.45, 2.75) is 18.9 Å². The second-order valence-corrected chi connectivity index (χ2v) is 3.96. The monoisotopic (exact) mass is 223 g/mol. The van der Waals surface area contributed by atoms with Gasteiger partial charge in [0.2, 0.25) is 5.91 Å². The highest BCUT2D eigenvalue weighted by Gasteiger charge is 2.30. The van der Waals surface area contributed by atoms with Crippen molar-refractivity contribution in [1.82, 2.24) is 0 Å². The van der Waals surface area contributed by atoms with Crippen LogP contribution in [0.15, 0.2) is 18.2 Å². The molecule has 0 aliphatic carbocycles. The van der Waals surface area contributed by atoms with Gasteiger partial charge < -0.3 is 16.4 Å². The number of anilines is 2. The number of hydrogen-bond acceptors (Lipinski definition) is 3. The minimum absolute atomic E-state index is 0.362. The number of carbonyl (C=O) groups is 1. The van der Waals surface area contributed by atoms with E-state index in [0.29, 0.717) is 24.3 Å². The highest BCUT2D eigenvalue weighted by molar-refractivity contribution is 5.86. The molecule has 0 spiro atoms. The predicted molar refractivity (Wildman–Crippen MR) is 60.4 cm³/mol. The van der Waals surface area contributed by atoms with E-state index in [-0.39, 0.29) is 17.8 Å². The first kappa shape index (κ1) is 10.7. The van der Waals surface area contributed by atoms with E-state index in [1.165, 1.54) is 18.2 Å². The number of primary amides is 1. The highest BCUT2D eigenvalue weighted by Crippen LogP contribution is 2.30. The SMILES string of the molecule is NC(=O)C1CCCN1c1cc(F)ccc1N. The minimum atomic E-state index is -0.388. The Hall–Kier alpha value is -1.78. The lowest BCUT2D eigenvalue weighted by Gasteiger charge is -2.25. The van der Waals surface area contributed by atoms with Gasteiger partial charge in [-0.05, 0) is 31.0 Å². The first-order valence-corrected chi connectivity index (χ1v) is 5.20. The van der Waals surface area contributed by atoms with Crippen molar-refractivity contribution in [3.8, 4) is 0 Å². The topological polar surface area (TPSA) is 72.4 Å². The van der Waals surface area contributed by atoms with Crippen molar-refractivity contribution in [2.75, 3.05) is 17.2 Å². The molecule has 1 unspecified atom stereocenters. The lowest BCUT2D eigenvalue weighted by molar-refractivity contribution is -0.119. The lowest BCUT2D eigenvalue weighted by Crippen LogP contribution is -2.40. The molecule has 1 fully saturated rings. The Kier molecular flexibility index (Phi) is 2.68. The van der Waals surface area contributed by atoms with Crippen LogP contribution in [-0.4, -0.2) is 18.5 Å². The number of nitrogens with zero attached hydrogens (tertiary/aromatic N) is 1. The van der Waals surface area contributed by atoms with Crippen molar-refractivity contribution in [3.63, 3.8) is 0 Å². The van der Waals surface area contributed by atoms with E-state index in [4.69, 9.17) is 11.5 Å². The zero-order chi connectivity index (χ0) is 11.7. The Labute approximate surface area is 93.0 Å². The van der Waals surface area contributed by atoms with Gasteiger partial charge in [0.25, 0.3) is 0 Å². The molecule has 1 aromatic carbocycles. The van der Waals surface area contributed by atoms with Gasteiger partial charge >= 0.3 is 0 Å². The fraction of sp³-hybridized carbons (Fsp3) is 0.364. The highest BCUT2D eigenvalue weighted by atomic mass is 19.1. The third-order valence-electron chi connectivity index (χ3n) is 2.88. The van der Waals surface area contributed by atoms with Crippen LogP contribution in [0.5, 0.6) is 0 Å². The third kappa shape index (κ3) is 1.80. The van der Waals surface area contributed by atoms with Crippen LogP contribution in [0.2, 0.25) is 0 Å². The van der Waals surface area contributed by atoms with Crippen LogP contribution in [0.25, 0.3) is 0 Å². The predicted octanol–water partition coefficient (Wildman–Crippen LogP) is 0.862. The summed E-state index contributed by atoms with van der Waals surface area (Å²) < 4.78 is 13.1. The molecule has 5 heteroatoms. The molecular formula is C11H14FN3O. The molecule has 1 amide bonds. The number of amides is 1. The van der Waals surface area contributed by atoms with Gasteiger partial charge in [-0.25, -0.2) is 4.39 Å². The van der Waals surface area contributed by atoms with Gasteiger partial charge in [-0.1, -0.05) is 0 Å². The summed E-state index contributed by atoms with van der Waals surface area (Å²) in [6.07, 6.45) is 1.56. The first-order chi connectivity index (χ1) is 7.59. The molecule has 1 aliphatic heterocycles. The van der Waals surface area contributed by atoms with E-state index >= 15 is 0 Å². The smallest absolute Gasteiger partial charge is 0.240 e. The molecule has 1 saturated heterocycles. The molecule has 0 saturated carbocycles. The first-order valence-electron chi connectivity index (χ1n) is 5.20. The summed E-state index contributed by atoms with van der Waals surface area (Å²) in [4.78, 5) is 13.0. The Balaban J connectivity index is 2.35. The molecule has 2 rings (SSSR count). The summed E-state index contributed by atoms with van der Waals surface area (Å²) in [5.74, 6) is -0.750. The van der Waals surface area contributed by atoms with Gasteiger partial charge in [-0.3, -0.25) is 4.79 Å². The van der Waals surface area contributed by atoms with Gasteiger partial charge in [0.15, 0.2) is 0 Å². The van der Waals surface area contributed by atoms with Crippen LogP contribution in [0.1, 0.15) is 12.8 Å². The van der Waals surface area contributed by atoms with E-state index < -0.39 is 0 Å². The number of benzene rings is 1. The number of rotatable bonds is 2. The third-order valence-corrected chi connectivity index (χ3v) is 2.88. The maximum atomic E-state index is 13.1. The normalized spacial score (nSPS) is 20.1. The van der Waals surface area contributed by atoms with Gasteiger partial charge in [0.05, 0.1) is 11.4 Å². The summed E-state index contributed by atoms with van der Waals surface area (Å²) >= 11 is 0. The summed E-state index contributed by atoms with van der Waals surface area (Å²) in [7, 11) is 0. The summed E-state index contributed by atoms with van der Waals surface area (Å²) in [5, 5.41) is 0. The van der Waals surface area contributed by atoms with Crippen molar-refractivity contribution in [3.05, 3.63) is 24.0 Å². The Bertz CT molecular complexity index is 422. The molecule has 1 aromatic rings. The van der Waals surface area contributed by atoms with E-state index in [2.05, 4.69) is 0 Å². The standard InChI is InChI=1S/C11H14FN3O/c12-7-3-4-8(13)10(6-7)15-5-1-2-9(15)11(14)16/h3-4,6,9H,1-2,5,13H2,(H2,14,16). The van der Waals surface area contributed by atoms with E-state index in [1.807, 2.05) is 0 Å². The molecule has 1 atom stereocenters. The van der Waals surface area contributed by atoms with Gasteiger partial charge in [-0.15, -0.1) is 0 Å². The summed E-state index contributed by atoms with van der Waals surface area (Å²) in [6, 6.07) is 3.77. The minimum Gasteiger partial charge on any atom is -0.397 e. The number of halogens is 1. The van der Waals surface area contributed by atoms with E-state index in [0.717, 1.165) is 6.42 Å². The number of nitrogen functional groups attached to an aromatic ring is 1. The Morgan fingerprint density at radius 2 is 2.25 bits per heavy atom. The molecule has 4 nitrogen and oxygen atoms in total. The Morgan fingerprint density at radius 3 is 2.94 bits per heavy atom. The molecule has 0 aromatic heterocycles. The Morgan fingerprint density at radius 1 is 1.50 bits per heavy atom. The van der Waals surface area contributed by atoms with Crippen molar-refractivity contribution < 1.29 is 9.18 Å². The number of carbonyl (C=O) groups excluding carboxylic acids is 1. The molecule has 1 aliphatic rings. The lowest BCUT2D eigenvalue weighted by atomic mass is 10.2. The second kappa shape index (κ2) is 4.00. The maximum absolute atomic E-state index is 13.1. The van der Waals surface area contributed by atoms with Crippen molar-refractivity contribution >= 4 is 17.3 Å². The molecular weight excluding hydrogens is 209 g/mol. The van der Waals surface area contributed by atoms with Crippen LogP contribution in [0.4, 0.5) is 15.8 Å². The van der Waals surface area contributed by atoms with Gasteiger partial charge in [-0.2, -0.15) is 0 Å². The van der Waals surface area contributed by atoms with Crippen LogP contribution in [-0.2, 0) is 4.79 Å². The van der Waals surface area contributed by atoms with Gasteiger partial charge in [0.1, 0.15) is 11.9 Å². The summed E-state index contributed by atoms with van der Waals surface area (Å²) in [5.41, 5.74) is 12.1. The molecule has 1 heterocycles. The van der Waals surface area contributed by atoms with Crippen LogP contribution in [0.3, 0.4) is 0 Å². The molecule has 4 N–H and O–H groups in total. The quantitative estimate of drug-likeness (QED) is 0.730. The van der Waals surface area contributed by atoms with Crippen molar-refractivity contribution in [1.29, 1.82) is 0 Å². The van der Waals surface area contributed by atoms with Crippen LogP contribution in [0, 0.1) is 5.82 Å². The maximum Gasteiger partial charge on any atom is 0.240 e. The number of hydrogen-bond donors (Lipinski definition) is 2. The molecule has 86 valence electrons. The van der Waals surface area contributed by atoms with Gasteiger partial charge in [0, 0.05) is 6.54 Å². The summed E-state index contributed by atoms with van der Waals surface area (Å²) in [6.45, 7) is 0.682. The molecule has 16 heavy (non-hydrogen) atoms. The van der Waals surface area contributed by atoms with E-state index in [9.17, 15) is 9.18 Å². The fourth-order valence-corrected chi connectivity index (χ4v) is 2.12. The fourth-order valence-electron chi connectivity index (χ4n) is 2.12. The van der Waals surface area contributed by atoms with Crippen LogP contribution < -0.4 is 16.4 Å².